The number of amides is 2. The van der Waals surface area contributed by atoms with Crippen LogP contribution in [0, 0.1) is 5.92 Å². The number of hydrogen-bond acceptors (Lipinski definition) is 3. The number of ether oxygens (including phenoxy) is 1. The molecule has 0 radical (unpaired) electrons. The van der Waals surface area contributed by atoms with Crippen molar-refractivity contribution in [1.29, 1.82) is 0 Å². The Bertz CT molecular complexity index is 351. The highest BCUT2D eigenvalue weighted by molar-refractivity contribution is 5.74. The van der Waals surface area contributed by atoms with Crippen molar-refractivity contribution in [1.82, 2.24) is 15.1 Å². The maximum atomic E-state index is 12.5. The van der Waals surface area contributed by atoms with Gasteiger partial charge in [-0.1, -0.05) is 19.8 Å². The van der Waals surface area contributed by atoms with E-state index in [1.165, 1.54) is 19.3 Å². The van der Waals surface area contributed by atoms with Crippen LogP contribution < -0.4 is 5.32 Å². The Hall–Kier alpha value is -0.810. The number of carbonyl (C=O) groups is 1. The molecule has 2 amide bonds. The lowest BCUT2D eigenvalue weighted by Gasteiger charge is -2.32. The average molecular weight is 311 g/mol. The van der Waals surface area contributed by atoms with E-state index in [2.05, 4.69) is 24.2 Å². The van der Waals surface area contributed by atoms with Crippen molar-refractivity contribution in [2.24, 2.45) is 5.92 Å². The molecule has 128 valence electrons. The van der Waals surface area contributed by atoms with Crippen molar-refractivity contribution in [3.8, 4) is 0 Å². The lowest BCUT2D eigenvalue weighted by molar-refractivity contribution is 0.0434. The number of urea groups is 1. The first-order valence-corrected chi connectivity index (χ1v) is 8.90. The Morgan fingerprint density at radius 3 is 2.82 bits per heavy atom. The maximum absolute atomic E-state index is 12.5. The van der Waals surface area contributed by atoms with E-state index < -0.39 is 0 Å². The summed E-state index contributed by atoms with van der Waals surface area (Å²) in [5.74, 6) is 0.617. The van der Waals surface area contributed by atoms with Crippen LogP contribution >= 0.6 is 0 Å². The first kappa shape index (κ1) is 17.5. The molecule has 5 heteroatoms. The van der Waals surface area contributed by atoms with Gasteiger partial charge in [-0.05, 0) is 45.2 Å². The fourth-order valence-electron chi connectivity index (χ4n) is 3.87. The van der Waals surface area contributed by atoms with Crippen LogP contribution in [0.2, 0.25) is 0 Å². The van der Waals surface area contributed by atoms with E-state index >= 15 is 0 Å². The van der Waals surface area contributed by atoms with Gasteiger partial charge in [0.15, 0.2) is 0 Å². The summed E-state index contributed by atoms with van der Waals surface area (Å²) in [6.45, 7) is 6.23. The smallest absolute Gasteiger partial charge is 0.317 e. The van der Waals surface area contributed by atoms with E-state index in [1.807, 2.05) is 4.90 Å². The van der Waals surface area contributed by atoms with Crippen LogP contribution in [-0.4, -0.2) is 68.3 Å². The van der Waals surface area contributed by atoms with Gasteiger partial charge in [0.1, 0.15) is 0 Å². The molecular weight excluding hydrogens is 278 g/mol. The van der Waals surface area contributed by atoms with Gasteiger partial charge in [0, 0.05) is 26.7 Å². The van der Waals surface area contributed by atoms with E-state index in [0.29, 0.717) is 5.92 Å². The zero-order chi connectivity index (χ0) is 15.9. The number of nitrogens with zero attached hydrogens (tertiary/aromatic N) is 2. The Morgan fingerprint density at radius 1 is 1.32 bits per heavy atom. The topological polar surface area (TPSA) is 44.8 Å². The highest BCUT2D eigenvalue weighted by Crippen LogP contribution is 2.22. The summed E-state index contributed by atoms with van der Waals surface area (Å²) >= 11 is 0. The molecule has 0 bridgehead atoms. The predicted octanol–water partition coefficient (Wildman–Crippen LogP) is 2.32. The van der Waals surface area contributed by atoms with Crippen LogP contribution in [0.25, 0.3) is 0 Å². The number of methoxy groups -OCH3 is 1. The third-order valence-corrected chi connectivity index (χ3v) is 5.06. The third kappa shape index (κ3) is 4.85. The van der Waals surface area contributed by atoms with Gasteiger partial charge in [0.2, 0.25) is 0 Å². The molecule has 5 nitrogen and oxygen atoms in total. The lowest BCUT2D eigenvalue weighted by atomic mass is 9.92. The molecule has 3 atom stereocenters. The minimum Gasteiger partial charge on any atom is -0.379 e. The second-order valence-corrected chi connectivity index (χ2v) is 6.98. The van der Waals surface area contributed by atoms with Gasteiger partial charge in [0.05, 0.1) is 12.1 Å². The summed E-state index contributed by atoms with van der Waals surface area (Å²) in [5, 5.41) is 3.21. The van der Waals surface area contributed by atoms with Crippen LogP contribution in [0.4, 0.5) is 4.79 Å². The molecule has 22 heavy (non-hydrogen) atoms. The first-order chi connectivity index (χ1) is 10.6. The summed E-state index contributed by atoms with van der Waals surface area (Å²) in [6.07, 6.45) is 7.00. The van der Waals surface area contributed by atoms with Crippen LogP contribution in [0.15, 0.2) is 0 Å². The molecule has 1 aliphatic carbocycles. The largest absolute Gasteiger partial charge is 0.379 e. The molecule has 1 aliphatic heterocycles. The first-order valence-electron chi connectivity index (χ1n) is 8.90. The Balaban J connectivity index is 1.76. The molecule has 1 saturated heterocycles. The van der Waals surface area contributed by atoms with Gasteiger partial charge in [-0.25, -0.2) is 4.79 Å². The summed E-state index contributed by atoms with van der Waals surface area (Å²) in [5.41, 5.74) is 0. The van der Waals surface area contributed by atoms with Crippen molar-refractivity contribution >= 4 is 6.03 Å². The van der Waals surface area contributed by atoms with Gasteiger partial charge >= 0.3 is 6.03 Å². The average Bonchev–Trinajstić information content (AvgIpc) is 2.96. The molecule has 1 saturated carbocycles. The fourth-order valence-corrected chi connectivity index (χ4v) is 3.87. The van der Waals surface area contributed by atoms with Gasteiger partial charge in [-0.3, -0.25) is 0 Å². The standard InChI is InChI=1S/C17H33N3O2/c1-4-10-19(2)12-14-9-11-20(13-14)17(21)18-15-7-5-6-8-16(15)22-3/h14-16H,4-13H2,1-3H3,(H,18,21)/t14-,15-,16+/m0/s1. The lowest BCUT2D eigenvalue weighted by Crippen LogP contribution is -2.50. The molecule has 0 aromatic carbocycles. The molecule has 0 aromatic rings. The van der Waals surface area contributed by atoms with E-state index in [1.54, 1.807) is 7.11 Å². The van der Waals surface area contributed by atoms with Crippen molar-refractivity contribution in [2.45, 2.75) is 57.6 Å². The minimum absolute atomic E-state index is 0.106. The number of hydrogen-bond donors (Lipinski definition) is 1. The summed E-state index contributed by atoms with van der Waals surface area (Å²) in [6, 6.07) is 0.294. The van der Waals surface area contributed by atoms with E-state index in [-0.39, 0.29) is 18.2 Å². The molecular formula is C17H33N3O2. The quantitative estimate of drug-likeness (QED) is 0.819. The molecule has 0 aromatic heterocycles. The monoisotopic (exact) mass is 311 g/mol. The van der Waals surface area contributed by atoms with Crippen molar-refractivity contribution < 1.29 is 9.53 Å². The second kappa shape index (κ2) is 8.73. The Kier molecular flexibility index (Phi) is 6.96. The summed E-state index contributed by atoms with van der Waals surface area (Å²) in [7, 11) is 3.93. The molecule has 1 heterocycles. The van der Waals surface area contributed by atoms with Crippen LogP contribution in [0.3, 0.4) is 0 Å². The molecule has 0 unspecified atom stereocenters. The summed E-state index contributed by atoms with van der Waals surface area (Å²) < 4.78 is 5.53. The van der Waals surface area contributed by atoms with Crippen molar-refractivity contribution in [3.05, 3.63) is 0 Å². The highest BCUT2D eigenvalue weighted by atomic mass is 16.5. The zero-order valence-corrected chi connectivity index (χ0v) is 14.5. The molecule has 2 rings (SSSR count). The van der Waals surface area contributed by atoms with Gasteiger partial charge in [-0.2, -0.15) is 0 Å². The Labute approximate surface area is 135 Å². The molecule has 1 N–H and O–H groups in total. The fraction of sp³-hybridized carbons (Fsp3) is 0.941. The Morgan fingerprint density at radius 2 is 2.09 bits per heavy atom. The summed E-state index contributed by atoms with van der Waals surface area (Å²) in [4.78, 5) is 16.9. The van der Waals surface area contributed by atoms with Crippen molar-refractivity contribution in [2.75, 3.05) is 40.3 Å². The van der Waals surface area contributed by atoms with Gasteiger partial charge < -0.3 is 19.9 Å². The predicted molar refractivity (Wildman–Crippen MR) is 89.1 cm³/mol. The zero-order valence-electron chi connectivity index (χ0n) is 14.5. The third-order valence-electron chi connectivity index (χ3n) is 5.06. The van der Waals surface area contributed by atoms with E-state index in [4.69, 9.17) is 4.74 Å². The van der Waals surface area contributed by atoms with Gasteiger partial charge in [-0.15, -0.1) is 0 Å². The van der Waals surface area contributed by atoms with Crippen LogP contribution in [0.1, 0.15) is 45.4 Å². The minimum atomic E-state index is 0.106. The van der Waals surface area contributed by atoms with Crippen molar-refractivity contribution in [3.63, 3.8) is 0 Å². The highest BCUT2D eigenvalue weighted by Gasteiger charge is 2.31. The van der Waals surface area contributed by atoms with Gasteiger partial charge in [0.25, 0.3) is 0 Å². The van der Waals surface area contributed by atoms with Crippen LogP contribution in [0.5, 0.6) is 0 Å². The number of nitrogens with one attached hydrogen (secondary N) is 1. The van der Waals surface area contributed by atoms with E-state index in [9.17, 15) is 4.79 Å². The number of carbonyl (C=O) groups excluding carboxylic acids is 1. The van der Waals surface area contributed by atoms with E-state index in [0.717, 1.165) is 45.4 Å². The number of rotatable bonds is 6. The molecule has 0 spiro atoms. The number of likely N-dealkylation sites (tertiary alicyclic amines) is 1. The molecule has 2 aliphatic rings. The SMILES string of the molecule is CCCN(C)C[C@@H]1CCN(C(=O)N[C@H]2CCCC[C@H]2OC)C1. The van der Waals surface area contributed by atoms with Crippen LogP contribution in [-0.2, 0) is 4.74 Å². The second-order valence-electron chi connectivity index (χ2n) is 6.98. The maximum Gasteiger partial charge on any atom is 0.317 e. The molecule has 2 fully saturated rings. The normalized spacial score (nSPS) is 29.1.